The molecular weight excluding hydrogens is 424 g/mol. The molecule has 1 aliphatic heterocycles. The first-order chi connectivity index (χ1) is 13.1. The Bertz CT molecular complexity index is 908. The van der Waals surface area contributed by atoms with Gasteiger partial charge in [-0.3, -0.25) is 4.79 Å². The molecule has 3 aromatic rings. The van der Waals surface area contributed by atoms with Gasteiger partial charge in [0.05, 0.1) is 15.2 Å². The minimum Gasteiger partial charge on any atom is -0.481 e. The van der Waals surface area contributed by atoms with E-state index in [2.05, 4.69) is 28.1 Å². The Hall–Kier alpha value is -1.92. The Labute approximate surface area is 171 Å². The van der Waals surface area contributed by atoms with Crippen LogP contribution in [-0.2, 0) is 4.79 Å². The van der Waals surface area contributed by atoms with Crippen LogP contribution in [0.1, 0.15) is 30.7 Å². The van der Waals surface area contributed by atoms with Crippen molar-refractivity contribution in [1.82, 2.24) is 9.88 Å². The maximum atomic E-state index is 12.9. The molecule has 2 aromatic carbocycles. The molecule has 2 atom stereocenters. The number of aromatic nitrogens is 1. The highest BCUT2D eigenvalue weighted by Gasteiger charge is 2.30. The number of carbonyl (C=O) groups is 1. The summed E-state index contributed by atoms with van der Waals surface area (Å²) >= 11 is 5.15. The van der Waals surface area contributed by atoms with Crippen LogP contribution in [0.3, 0.4) is 0 Å². The minimum absolute atomic E-state index is 0.0451. The lowest BCUT2D eigenvalue weighted by Crippen LogP contribution is -2.45. The number of halogens is 1. The Morgan fingerprint density at radius 2 is 2.04 bits per heavy atom. The summed E-state index contributed by atoms with van der Waals surface area (Å²) in [5.74, 6) is 1.06. The summed E-state index contributed by atoms with van der Waals surface area (Å²) in [5.41, 5.74) is 1.05. The fourth-order valence-corrected chi connectivity index (χ4v) is 4.83. The number of hydrogen-bond donors (Lipinski definition) is 0. The predicted octanol–water partition coefficient (Wildman–Crippen LogP) is 5.23. The van der Waals surface area contributed by atoms with Gasteiger partial charge in [0.15, 0.2) is 6.10 Å². The zero-order valence-electron chi connectivity index (χ0n) is 15.1. The van der Waals surface area contributed by atoms with Gasteiger partial charge in [-0.05, 0) is 56.2 Å². The van der Waals surface area contributed by atoms with Crippen molar-refractivity contribution >= 4 is 43.4 Å². The number of nitrogens with zero attached hydrogens (tertiary/aromatic N) is 2. The summed E-state index contributed by atoms with van der Waals surface area (Å²) in [7, 11) is 0. The average Bonchev–Trinajstić information content (AvgIpc) is 3.13. The van der Waals surface area contributed by atoms with Gasteiger partial charge in [0, 0.05) is 23.5 Å². The van der Waals surface area contributed by atoms with Crippen molar-refractivity contribution in [2.75, 3.05) is 13.1 Å². The highest BCUT2D eigenvalue weighted by Crippen LogP contribution is 2.33. The topological polar surface area (TPSA) is 42.4 Å². The molecule has 1 aliphatic rings. The van der Waals surface area contributed by atoms with Crippen LogP contribution in [0.25, 0.3) is 10.2 Å². The maximum Gasteiger partial charge on any atom is 0.263 e. The third-order valence-corrected chi connectivity index (χ3v) is 6.59. The fraction of sp³-hybridized carbons (Fsp3) is 0.333. The van der Waals surface area contributed by atoms with Crippen molar-refractivity contribution in [3.05, 3.63) is 58.0 Å². The number of ether oxygens (including phenoxy) is 1. The second-order valence-electron chi connectivity index (χ2n) is 6.86. The van der Waals surface area contributed by atoms with Crippen LogP contribution in [0.4, 0.5) is 0 Å². The molecule has 0 N–H and O–H groups in total. The number of carbonyl (C=O) groups excluding carboxylic acids is 1. The van der Waals surface area contributed by atoms with Crippen LogP contribution in [0.15, 0.2) is 53.0 Å². The summed E-state index contributed by atoms with van der Waals surface area (Å²) in [6.07, 6.45) is 1.57. The first-order valence-electron chi connectivity index (χ1n) is 9.16. The van der Waals surface area contributed by atoms with Gasteiger partial charge < -0.3 is 9.64 Å². The Balaban J connectivity index is 1.43. The molecule has 4 rings (SSSR count). The van der Waals surface area contributed by atoms with Crippen molar-refractivity contribution in [3.63, 3.8) is 0 Å². The summed E-state index contributed by atoms with van der Waals surface area (Å²) in [5, 5.41) is 1.13. The molecule has 1 saturated heterocycles. The van der Waals surface area contributed by atoms with Crippen molar-refractivity contribution in [2.24, 2.45) is 0 Å². The van der Waals surface area contributed by atoms with Crippen molar-refractivity contribution in [2.45, 2.75) is 31.8 Å². The van der Waals surface area contributed by atoms with Crippen LogP contribution < -0.4 is 4.74 Å². The average molecular weight is 445 g/mol. The summed E-state index contributed by atoms with van der Waals surface area (Å²) in [4.78, 5) is 19.6. The molecule has 1 aromatic heterocycles. The van der Waals surface area contributed by atoms with Gasteiger partial charge in [-0.2, -0.15) is 0 Å². The molecule has 6 heteroatoms. The van der Waals surface area contributed by atoms with Gasteiger partial charge in [0.1, 0.15) is 5.75 Å². The number of rotatable bonds is 4. The van der Waals surface area contributed by atoms with Gasteiger partial charge in [0.25, 0.3) is 5.91 Å². The number of piperidine rings is 1. The standard InChI is InChI=1S/C21H21BrN2O2S/c1-14(26-17-10-8-16(22)9-11-17)21(25)24-12-4-5-15(13-24)20-23-18-6-2-3-7-19(18)27-20/h2-3,6-11,14-15H,4-5,12-13H2,1H3/t14-,15-/m1/s1. The van der Waals surface area contributed by atoms with E-state index >= 15 is 0 Å². The SMILES string of the molecule is C[C@@H](Oc1ccc(Br)cc1)C(=O)N1CCC[C@@H](c2nc3ccccc3s2)C1. The molecule has 2 heterocycles. The summed E-state index contributed by atoms with van der Waals surface area (Å²) in [6.45, 7) is 3.33. The number of thiazole rings is 1. The van der Waals surface area contributed by atoms with E-state index in [-0.39, 0.29) is 5.91 Å². The van der Waals surface area contributed by atoms with Gasteiger partial charge in [-0.25, -0.2) is 4.98 Å². The molecule has 140 valence electrons. The molecule has 27 heavy (non-hydrogen) atoms. The smallest absolute Gasteiger partial charge is 0.263 e. The minimum atomic E-state index is -0.500. The molecule has 0 aliphatic carbocycles. The number of hydrogen-bond acceptors (Lipinski definition) is 4. The van der Waals surface area contributed by atoms with E-state index in [1.807, 2.05) is 48.2 Å². The van der Waals surface area contributed by atoms with Crippen molar-refractivity contribution in [3.8, 4) is 5.75 Å². The highest BCUT2D eigenvalue weighted by atomic mass is 79.9. The van der Waals surface area contributed by atoms with E-state index in [0.29, 0.717) is 18.2 Å². The fourth-order valence-electron chi connectivity index (χ4n) is 3.47. The molecule has 0 bridgehead atoms. The van der Waals surface area contributed by atoms with E-state index < -0.39 is 6.10 Å². The van der Waals surface area contributed by atoms with Crippen LogP contribution >= 0.6 is 27.3 Å². The van der Waals surface area contributed by atoms with Crippen LogP contribution in [-0.4, -0.2) is 35.0 Å². The molecule has 4 nitrogen and oxygen atoms in total. The molecular formula is C21H21BrN2O2S. The maximum absolute atomic E-state index is 12.9. The Morgan fingerprint density at radius 1 is 1.26 bits per heavy atom. The molecule has 0 radical (unpaired) electrons. The van der Waals surface area contributed by atoms with Crippen LogP contribution in [0.5, 0.6) is 5.75 Å². The first-order valence-corrected chi connectivity index (χ1v) is 10.8. The highest BCUT2D eigenvalue weighted by molar-refractivity contribution is 9.10. The lowest BCUT2D eigenvalue weighted by atomic mass is 9.98. The predicted molar refractivity (Wildman–Crippen MR) is 112 cm³/mol. The van der Waals surface area contributed by atoms with Gasteiger partial charge in [-0.1, -0.05) is 28.1 Å². The largest absolute Gasteiger partial charge is 0.481 e. The normalized spacial score (nSPS) is 18.4. The monoisotopic (exact) mass is 444 g/mol. The number of para-hydroxylation sites is 1. The van der Waals surface area contributed by atoms with Gasteiger partial charge in [-0.15, -0.1) is 11.3 Å². The van der Waals surface area contributed by atoms with Gasteiger partial charge >= 0.3 is 0 Å². The van der Waals surface area contributed by atoms with Crippen molar-refractivity contribution in [1.29, 1.82) is 0 Å². The molecule has 1 amide bonds. The molecule has 0 saturated carbocycles. The molecule has 0 spiro atoms. The Kier molecular flexibility index (Phi) is 5.45. The van der Waals surface area contributed by atoms with E-state index in [4.69, 9.17) is 9.72 Å². The second-order valence-corrected chi connectivity index (χ2v) is 8.84. The number of likely N-dealkylation sites (tertiary alicyclic amines) is 1. The number of benzene rings is 2. The molecule has 1 fully saturated rings. The lowest BCUT2D eigenvalue weighted by molar-refractivity contribution is -0.139. The van der Waals surface area contributed by atoms with Crippen LogP contribution in [0.2, 0.25) is 0 Å². The van der Waals surface area contributed by atoms with Gasteiger partial charge in [0.2, 0.25) is 0 Å². The quantitative estimate of drug-likeness (QED) is 0.552. The summed E-state index contributed by atoms with van der Waals surface area (Å²) < 4.78 is 8.05. The summed E-state index contributed by atoms with van der Waals surface area (Å²) in [6, 6.07) is 15.8. The molecule has 0 unspecified atom stereocenters. The zero-order chi connectivity index (χ0) is 18.8. The third-order valence-electron chi connectivity index (χ3n) is 4.87. The Morgan fingerprint density at radius 3 is 2.81 bits per heavy atom. The van der Waals surface area contributed by atoms with Crippen LogP contribution in [0, 0.1) is 0 Å². The first kappa shape index (κ1) is 18.4. The second kappa shape index (κ2) is 7.98. The number of amides is 1. The van der Waals surface area contributed by atoms with E-state index in [1.54, 1.807) is 11.3 Å². The van der Waals surface area contributed by atoms with E-state index in [0.717, 1.165) is 34.4 Å². The number of fused-ring (bicyclic) bond motifs is 1. The third kappa shape index (κ3) is 4.17. The lowest BCUT2D eigenvalue weighted by Gasteiger charge is -2.33. The zero-order valence-corrected chi connectivity index (χ0v) is 17.5. The van der Waals surface area contributed by atoms with Crippen molar-refractivity contribution < 1.29 is 9.53 Å². The van der Waals surface area contributed by atoms with E-state index in [9.17, 15) is 4.79 Å². The van der Waals surface area contributed by atoms with E-state index in [1.165, 1.54) is 4.70 Å².